The second-order valence-corrected chi connectivity index (χ2v) is 9.58. The van der Waals surface area contributed by atoms with Gasteiger partial charge in [0.05, 0.1) is 16.6 Å². The van der Waals surface area contributed by atoms with Crippen molar-refractivity contribution < 1.29 is 27.5 Å². The lowest BCUT2D eigenvalue weighted by atomic mass is 9.97. The number of amides is 1. The Morgan fingerprint density at radius 1 is 0.884 bits per heavy atom. The summed E-state index contributed by atoms with van der Waals surface area (Å²) < 4.78 is 41.5. The summed E-state index contributed by atoms with van der Waals surface area (Å²) in [5.41, 5.74) is 4.97. The maximum absolute atomic E-state index is 12.4. The number of anilines is 1. The SMILES string of the molecule is O=C(CCNCc1ccc(-c2nc3cc[nH]c(=O)c3cc2-c2ccccc2)cc1)Nc1cccc(OC(=O)C(F)(F)F)c1. The number of halogens is 3. The van der Waals surface area contributed by atoms with Crippen molar-refractivity contribution in [3.63, 3.8) is 0 Å². The van der Waals surface area contributed by atoms with Crippen LogP contribution < -0.4 is 20.9 Å². The first-order valence-electron chi connectivity index (χ1n) is 13.2. The van der Waals surface area contributed by atoms with Gasteiger partial charge in [-0.3, -0.25) is 9.59 Å². The van der Waals surface area contributed by atoms with Gasteiger partial charge in [-0.2, -0.15) is 13.2 Å². The number of H-pyrrole nitrogens is 1. The second kappa shape index (κ2) is 12.7. The van der Waals surface area contributed by atoms with Crippen molar-refractivity contribution >= 4 is 28.5 Å². The molecule has 0 radical (unpaired) electrons. The Bertz CT molecular complexity index is 1820. The summed E-state index contributed by atoms with van der Waals surface area (Å²) >= 11 is 0. The highest BCUT2D eigenvalue weighted by Crippen LogP contribution is 2.32. The van der Waals surface area contributed by atoms with Crippen molar-refractivity contribution in [3.8, 4) is 28.1 Å². The van der Waals surface area contributed by atoms with Gasteiger partial charge < -0.3 is 20.4 Å². The molecular weight excluding hydrogens is 561 g/mol. The Labute approximate surface area is 243 Å². The molecule has 0 aliphatic rings. The van der Waals surface area contributed by atoms with Crippen molar-refractivity contribution in [2.75, 3.05) is 11.9 Å². The van der Waals surface area contributed by atoms with Crippen LogP contribution >= 0.6 is 0 Å². The summed E-state index contributed by atoms with van der Waals surface area (Å²) in [6, 6.07) is 26.3. The molecular formula is C32H25F3N4O4. The van der Waals surface area contributed by atoms with Gasteiger partial charge in [0, 0.05) is 48.6 Å². The Hall–Kier alpha value is -5.29. The molecule has 11 heteroatoms. The molecule has 3 aromatic carbocycles. The number of aromatic amines is 1. The minimum Gasteiger partial charge on any atom is -0.420 e. The highest BCUT2D eigenvalue weighted by Gasteiger charge is 2.41. The molecule has 1 amide bonds. The van der Waals surface area contributed by atoms with Gasteiger partial charge >= 0.3 is 12.1 Å². The Balaban J connectivity index is 1.19. The summed E-state index contributed by atoms with van der Waals surface area (Å²) in [5.74, 6) is -3.03. The molecule has 3 N–H and O–H groups in total. The number of alkyl halides is 3. The smallest absolute Gasteiger partial charge is 0.420 e. The van der Waals surface area contributed by atoms with E-state index in [1.807, 2.05) is 60.7 Å². The van der Waals surface area contributed by atoms with Crippen LogP contribution in [0.3, 0.4) is 0 Å². The standard InChI is InChI=1S/C32H25F3N4O4/c33-32(34,35)31(42)43-24-8-4-7-23(17-24)38-28(40)14-15-36-19-20-9-11-22(12-10-20)29-25(21-5-2-1-3-6-21)18-26-27(39-29)13-16-37-30(26)41/h1-13,16-18,36H,14-15,19H2,(H,37,41)(H,38,40). The molecule has 0 unspecified atom stereocenters. The van der Waals surface area contributed by atoms with E-state index in [1.54, 1.807) is 12.3 Å². The molecule has 5 aromatic rings. The summed E-state index contributed by atoms with van der Waals surface area (Å²) in [5, 5.41) is 6.27. The minimum absolute atomic E-state index is 0.102. The zero-order valence-corrected chi connectivity index (χ0v) is 22.6. The Morgan fingerprint density at radius 3 is 2.40 bits per heavy atom. The van der Waals surface area contributed by atoms with Crippen LogP contribution in [0.4, 0.5) is 18.9 Å². The number of nitrogens with zero attached hydrogens (tertiary/aromatic N) is 1. The number of carbonyl (C=O) groups is 2. The molecule has 5 rings (SSSR count). The number of benzene rings is 3. The summed E-state index contributed by atoms with van der Waals surface area (Å²) in [7, 11) is 0. The summed E-state index contributed by atoms with van der Waals surface area (Å²) in [6.07, 6.45) is -3.44. The van der Waals surface area contributed by atoms with E-state index in [9.17, 15) is 27.6 Å². The number of ether oxygens (including phenoxy) is 1. The van der Waals surface area contributed by atoms with Gasteiger partial charge in [0.2, 0.25) is 5.91 Å². The molecule has 0 fully saturated rings. The van der Waals surface area contributed by atoms with E-state index in [-0.39, 0.29) is 29.3 Å². The van der Waals surface area contributed by atoms with E-state index in [0.717, 1.165) is 34.0 Å². The third-order valence-corrected chi connectivity index (χ3v) is 6.48. The van der Waals surface area contributed by atoms with Crippen molar-refractivity contribution in [2.24, 2.45) is 0 Å². The molecule has 0 bridgehead atoms. The first-order chi connectivity index (χ1) is 20.7. The van der Waals surface area contributed by atoms with E-state index in [1.165, 1.54) is 18.2 Å². The first-order valence-corrected chi connectivity index (χ1v) is 13.2. The fourth-order valence-electron chi connectivity index (χ4n) is 4.41. The zero-order chi connectivity index (χ0) is 30.4. The summed E-state index contributed by atoms with van der Waals surface area (Å²) in [4.78, 5) is 43.3. The average Bonchev–Trinajstić information content (AvgIpc) is 2.99. The third-order valence-electron chi connectivity index (χ3n) is 6.48. The van der Waals surface area contributed by atoms with E-state index in [2.05, 4.69) is 20.4 Å². The van der Waals surface area contributed by atoms with E-state index < -0.39 is 12.1 Å². The lowest BCUT2D eigenvalue weighted by Gasteiger charge is -2.12. The molecule has 2 heterocycles. The monoisotopic (exact) mass is 586 g/mol. The number of esters is 1. The number of hydrogen-bond donors (Lipinski definition) is 3. The molecule has 0 saturated carbocycles. The van der Waals surface area contributed by atoms with E-state index >= 15 is 0 Å². The van der Waals surface area contributed by atoms with Crippen LogP contribution in [0.15, 0.2) is 102 Å². The molecule has 43 heavy (non-hydrogen) atoms. The van der Waals surface area contributed by atoms with Crippen LogP contribution in [0.25, 0.3) is 33.3 Å². The topological polar surface area (TPSA) is 113 Å². The number of nitrogens with one attached hydrogen (secondary N) is 3. The quantitative estimate of drug-likeness (QED) is 0.114. The number of aromatic nitrogens is 2. The lowest BCUT2D eigenvalue weighted by Crippen LogP contribution is -2.28. The van der Waals surface area contributed by atoms with Crippen molar-refractivity contribution in [2.45, 2.75) is 19.1 Å². The average molecular weight is 587 g/mol. The number of hydrogen-bond acceptors (Lipinski definition) is 6. The predicted octanol–water partition coefficient (Wildman–Crippen LogP) is 5.84. The van der Waals surface area contributed by atoms with Gasteiger partial charge in [-0.05, 0) is 35.4 Å². The maximum atomic E-state index is 12.4. The van der Waals surface area contributed by atoms with Crippen LogP contribution in [0.1, 0.15) is 12.0 Å². The molecule has 8 nitrogen and oxygen atoms in total. The van der Waals surface area contributed by atoms with Gasteiger partial charge in [-0.15, -0.1) is 0 Å². The molecule has 0 atom stereocenters. The fourth-order valence-corrected chi connectivity index (χ4v) is 4.41. The number of rotatable bonds is 9. The van der Waals surface area contributed by atoms with Gasteiger partial charge in [-0.1, -0.05) is 60.7 Å². The fraction of sp³-hybridized carbons (Fsp3) is 0.125. The Kier molecular flexibility index (Phi) is 8.63. The molecule has 0 aliphatic carbocycles. The second-order valence-electron chi connectivity index (χ2n) is 9.58. The molecule has 218 valence electrons. The van der Waals surface area contributed by atoms with Crippen LogP contribution in [-0.2, 0) is 16.1 Å². The zero-order valence-electron chi connectivity index (χ0n) is 22.6. The van der Waals surface area contributed by atoms with Crippen LogP contribution in [0.5, 0.6) is 5.75 Å². The number of fused-ring (bicyclic) bond motifs is 1. The van der Waals surface area contributed by atoms with E-state index in [0.29, 0.717) is 24.0 Å². The third kappa shape index (κ3) is 7.32. The molecule has 2 aromatic heterocycles. The summed E-state index contributed by atoms with van der Waals surface area (Å²) in [6.45, 7) is 0.831. The largest absolute Gasteiger partial charge is 0.491 e. The minimum atomic E-state index is -5.12. The van der Waals surface area contributed by atoms with Gasteiger partial charge in [0.25, 0.3) is 5.56 Å². The van der Waals surface area contributed by atoms with Gasteiger partial charge in [0.1, 0.15) is 5.75 Å². The van der Waals surface area contributed by atoms with Crippen molar-refractivity contribution in [1.29, 1.82) is 0 Å². The Morgan fingerprint density at radius 2 is 1.65 bits per heavy atom. The van der Waals surface area contributed by atoms with Crippen LogP contribution in [0, 0.1) is 0 Å². The predicted molar refractivity (Wildman–Crippen MR) is 156 cm³/mol. The van der Waals surface area contributed by atoms with Gasteiger partial charge in [-0.25, -0.2) is 9.78 Å². The normalized spacial score (nSPS) is 11.3. The van der Waals surface area contributed by atoms with Crippen LogP contribution in [-0.4, -0.2) is 34.6 Å². The van der Waals surface area contributed by atoms with E-state index in [4.69, 9.17) is 4.98 Å². The lowest BCUT2D eigenvalue weighted by molar-refractivity contribution is -0.189. The first kappa shape index (κ1) is 29.2. The van der Waals surface area contributed by atoms with Gasteiger partial charge in [0.15, 0.2) is 0 Å². The maximum Gasteiger partial charge on any atom is 0.491 e. The number of pyridine rings is 2. The molecule has 0 spiro atoms. The molecule has 0 saturated heterocycles. The number of carbonyl (C=O) groups excluding carboxylic acids is 2. The highest BCUT2D eigenvalue weighted by atomic mass is 19.4. The molecule has 0 aliphatic heterocycles. The van der Waals surface area contributed by atoms with Crippen LogP contribution in [0.2, 0.25) is 0 Å². The highest BCUT2D eigenvalue weighted by molar-refractivity contribution is 5.92. The van der Waals surface area contributed by atoms with Crippen molar-refractivity contribution in [3.05, 3.63) is 113 Å². The van der Waals surface area contributed by atoms with Crippen molar-refractivity contribution in [1.82, 2.24) is 15.3 Å².